The highest BCUT2D eigenvalue weighted by Crippen LogP contribution is 2.23. The zero-order valence-electron chi connectivity index (χ0n) is 13.0. The summed E-state index contributed by atoms with van der Waals surface area (Å²) in [7, 11) is 1.85. The minimum atomic E-state index is -0.359. The average Bonchev–Trinajstić information content (AvgIpc) is 2.79. The van der Waals surface area contributed by atoms with E-state index in [1.807, 2.05) is 18.5 Å². The molecule has 0 fully saturated rings. The van der Waals surface area contributed by atoms with Crippen LogP contribution in [0, 0.1) is 6.92 Å². The Kier molecular flexibility index (Phi) is 4.97. The molecule has 2 rings (SSSR count). The lowest BCUT2D eigenvalue weighted by Crippen LogP contribution is -2.23. The molecular weight excluding hydrogens is 300 g/mol. The molecule has 7 heteroatoms. The van der Waals surface area contributed by atoms with E-state index in [9.17, 15) is 9.59 Å². The molecule has 116 valence electrons. The first kappa shape index (κ1) is 16.2. The highest BCUT2D eigenvalue weighted by Gasteiger charge is 2.19. The zero-order valence-corrected chi connectivity index (χ0v) is 13.8. The fraction of sp³-hybridized carbons (Fsp3) is 0.333. The number of carbonyl (C=O) groups is 2. The van der Waals surface area contributed by atoms with E-state index in [0.29, 0.717) is 16.4 Å². The second-order valence-electron chi connectivity index (χ2n) is 4.94. The van der Waals surface area contributed by atoms with Gasteiger partial charge < -0.3 is 9.88 Å². The van der Waals surface area contributed by atoms with Gasteiger partial charge in [-0.1, -0.05) is 23.9 Å². The van der Waals surface area contributed by atoms with Gasteiger partial charge >= 0.3 is 0 Å². The number of Topliss-reactive ketones (excluding diaryl/α,β-unsaturated/α-hetero) is 1. The Balaban J connectivity index is 2.09. The van der Waals surface area contributed by atoms with Crippen molar-refractivity contribution in [1.29, 1.82) is 0 Å². The van der Waals surface area contributed by atoms with Crippen molar-refractivity contribution >= 4 is 29.1 Å². The summed E-state index contributed by atoms with van der Waals surface area (Å²) in [5.74, 6) is 0.525. The lowest BCUT2D eigenvalue weighted by molar-refractivity contribution is -0.115. The molecular formula is C15H18N4O2S. The van der Waals surface area contributed by atoms with Crippen LogP contribution in [0.2, 0.25) is 0 Å². The van der Waals surface area contributed by atoms with E-state index in [-0.39, 0.29) is 16.9 Å². The van der Waals surface area contributed by atoms with Crippen LogP contribution in [-0.2, 0) is 11.8 Å². The van der Waals surface area contributed by atoms with Gasteiger partial charge in [-0.25, -0.2) is 0 Å². The SMILES string of the molecule is CC(=O)c1ccccc1NC(=O)[C@@H](C)Sc1nnc(C)n1C. The predicted octanol–water partition coefficient (Wildman–Crippen LogP) is 2.45. The maximum atomic E-state index is 12.3. The number of aromatic nitrogens is 3. The number of anilines is 1. The molecule has 0 radical (unpaired) electrons. The van der Waals surface area contributed by atoms with Gasteiger partial charge in [0.2, 0.25) is 5.91 Å². The van der Waals surface area contributed by atoms with E-state index in [1.165, 1.54) is 18.7 Å². The number of amides is 1. The topological polar surface area (TPSA) is 76.9 Å². The molecule has 6 nitrogen and oxygen atoms in total. The summed E-state index contributed by atoms with van der Waals surface area (Å²) in [4.78, 5) is 23.9. The van der Waals surface area contributed by atoms with Crippen LogP contribution >= 0.6 is 11.8 Å². The van der Waals surface area contributed by atoms with E-state index < -0.39 is 0 Å². The fourth-order valence-corrected chi connectivity index (χ4v) is 2.70. The van der Waals surface area contributed by atoms with Gasteiger partial charge in [0.25, 0.3) is 0 Å². The minimum absolute atomic E-state index is 0.0832. The number of aryl methyl sites for hydroxylation is 1. The molecule has 1 aromatic heterocycles. The van der Waals surface area contributed by atoms with Crippen LogP contribution in [0.25, 0.3) is 0 Å². The largest absolute Gasteiger partial charge is 0.324 e. The minimum Gasteiger partial charge on any atom is -0.324 e. The molecule has 0 spiro atoms. The summed E-state index contributed by atoms with van der Waals surface area (Å²) in [6, 6.07) is 6.97. The van der Waals surface area contributed by atoms with E-state index in [2.05, 4.69) is 15.5 Å². The summed E-state index contributed by atoms with van der Waals surface area (Å²) in [5.41, 5.74) is 1.03. The van der Waals surface area contributed by atoms with Crippen molar-refractivity contribution in [2.45, 2.75) is 31.2 Å². The van der Waals surface area contributed by atoms with Crippen LogP contribution in [0.5, 0.6) is 0 Å². The summed E-state index contributed by atoms with van der Waals surface area (Å²) in [6.45, 7) is 5.12. The number of rotatable bonds is 5. The van der Waals surface area contributed by atoms with Crippen LogP contribution in [0.4, 0.5) is 5.69 Å². The van der Waals surface area contributed by atoms with Crippen molar-refractivity contribution < 1.29 is 9.59 Å². The zero-order chi connectivity index (χ0) is 16.3. The van der Waals surface area contributed by atoms with Gasteiger partial charge in [0.05, 0.1) is 10.9 Å². The highest BCUT2D eigenvalue weighted by molar-refractivity contribution is 8.00. The average molecular weight is 318 g/mol. The first-order valence-electron chi connectivity index (χ1n) is 6.83. The molecule has 1 amide bonds. The smallest absolute Gasteiger partial charge is 0.237 e. The molecule has 0 saturated heterocycles. The number of hydrogen-bond acceptors (Lipinski definition) is 5. The molecule has 0 unspecified atom stereocenters. The van der Waals surface area contributed by atoms with Gasteiger partial charge in [-0.05, 0) is 32.9 Å². The lowest BCUT2D eigenvalue weighted by Gasteiger charge is -2.13. The van der Waals surface area contributed by atoms with E-state index in [1.54, 1.807) is 31.2 Å². The van der Waals surface area contributed by atoms with Crippen LogP contribution in [0.3, 0.4) is 0 Å². The predicted molar refractivity (Wildman–Crippen MR) is 86.1 cm³/mol. The molecule has 0 saturated carbocycles. The first-order chi connectivity index (χ1) is 10.4. The third kappa shape index (κ3) is 3.54. The molecule has 1 heterocycles. The van der Waals surface area contributed by atoms with Gasteiger partial charge in [-0.2, -0.15) is 0 Å². The van der Waals surface area contributed by atoms with Crippen molar-refractivity contribution in [3.05, 3.63) is 35.7 Å². The summed E-state index contributed by atoms with van der Waals surface area (Å²) in [6.07, 6.45) is 0. The summed E-state index contributed by atoms with van der Waals surface area (Å²) >= 11 is 1.33. The number of ketones is 1. The van der Waals surface area contributed by atoms with Gasteiger partial charge in [-0.3, -0.25) is 9.59 Å². The number of nitrogens with one attached hydrogen (secondary N) is 1. The molecule has 0 aliphatic heterocycles. The van der Waals surface area contributed by atoms with Crippen LogP contribution in [-0.4, -0.2) is 31.7 Å². The number of carbonyl (C=O) groups excluding carboxylic acids is 2. The Morgan fingerprint density at radius 1 is 1.27 bits per heavy atom. The Morgan fingerprint density at radius 3 is 2.55 bits per heavy atom. The van der Waals surface area contributed by atoms with Gasteiger partial charge in [-0.15, -0.1) is 10.2 Å². The normalized spacial score (nSPS) is 12.0. The van der Waals surface area contributed by atoms with E-state index >= 15 is 0 Å². The fourth-order valence-electron chi connectivity index (χ4n) is 1.84. The van der Waals surface area contributed by atoms with Gasteiger partial charge in [0.15, 0.2) is 10.9 Å². The second-order valence-corrected chi connectivity index (χ2v) is 6.25. The number of thioether (sulfide) groups is 1. The second kappa shape index (κ2) is 6.74. The lowest BCUT2D eigenvalue weighted by atomic mass is 10.1. The van der Waals surface area contributed by atoms with Crippen molar-refractivity contribution in [2.75, 3.05) is 5.32 Å². The highest BCUT2D eigenvalue weighted by atomic mass is 32.2. The van der Waals surface area contributed by atoms with Crippen LogP contribution < -0.4 is 5.32 Å². The molecule has 1 aromatic carbocycles. The van der Waals surface area contributed by atoms with Crippen LogP contribution in [0.15, 0.2) is 29.4 Å². The van der Waals surface area contributed by atoms with Crippen molar-refractivity contribution in [3.8, 4) is 0 Å². The quantitative estimate of drug-likeness (QED) is 0.677. The van der Waals surface area contributed by atoms with Gasteiger partial charge in [0.1, 0.15) is 5.82 Å². The molecule has 1 N–H and O–H groups in total. The maximum Gasteiger partial charge on any atom is 0.237 e. The van der Waals surface area contributed by atoms with E-state index in [0.717, 1.165) is 5.82 Å². The third-order valence-electron chi connectivity index (χ3n) is 3.27. The molecule has 1 atom stereocenters. The molecule has 2 aromatic rings. The first-order valence-corrected chi connectivity index (χ1v) is 7.71. The monoisotopic (exact) mass is 318 g/mol. The molecule has 0 bridgehead atoms. The Morgan fingerprint density at radius 2 is 1.95 bits per heavy atom. The van der Waals surface area contributed by atoms with Crippen molar-refractivity contribution in [3.63, 3.8) is 0 Å². The number of para-hydroxylation sites is 1. The Hall–Kier alpha value is -2.15. The molecule has 0 aliphatic carbocycles. The number of benzene rings is 1. The van der Waals surface area contributed by atoms with Crippen molar-refractivity contribution in [2.24, 2.45) is 7.05 Å². The van der Waals surface area contributed by atoms with Crippen LogP contribution in [0.1, 0.15) is 30.0 Å². The molecule has 22 heavy (non-hydrogen) atoms. The Labute approximate surface area is 133 Å². The third-order valence-corrected chi connectivity index (χ3v) is 4.40. The maximum absolute atomic E-state index is 12.3. The van der Waals surface area contributed by atoms with Crippen molar-refractivity contribution in [1.82, 2.24) is 14.8 Å². The number of hydrogen-bond donors (Lipinski definition) is 1. The standard InChI is InChI=1S/C15H18N4O2S/c1-9(20)12-7-5-6-8-13(12)16-14(21)10(2)22-15-18-17-11(3)19(15)4/h5-8,10H,1-4H3,(H,16,21)/t10-/m1/s1. The van der Waals surface area contributed by atoms with E-state index in [4.69, 9.17) is 0 Å². The summed E-state index contributed by atoms with van der Waals surface area (Å²) in [5, 5.41) is 11.1. The Bertz CT molecular complexity index is 711. The summed E-state index contributed by atoms with van der Waals surface area (Å²) < 4.78 is 1.83. The molecule has 0 aliphatic rings. The van der Waals surface area contributed by atoms with Gasteiger partial charge in [0, 0.05) is 12.6 Å². The number of nitrogens with zero attached hydrogens (tertiary/aromatic N) is 3.